The number of furan rings is 1. The number of aliphatic carboxylic acids is 1. The maximum Gasteiger partial charge on any atom is 0.325 e. The van der Waals surface area contributed by atoms with E-state index in [2.05, 4.69) is 46.9 Å². The van der Waals surface area contributed by atoms with Crippen molar-refractivity contribution in [2.24, 2.45) is 0 Å². The van der Waals surface area contributed by atoms with Gasteiger partial charge in [0.05, 0.1) is 4.47 Å². The first-order valence-electron chi connectivity index (χ1n) is 11.6. The number of aromatic amines is 1. The molecular weight excluding hydrogens is 578 g/mol. The summed E-state index contributed by atoms with van der Waals surface area (Å²) in [5.41, 5.74) is 3.18. The predicted molar refractivity (Wildman–Crippen MR) is 143 cm³/mol. The van der Waals surface area contributed by atoms with Crippen LogP contribution in [-0.2, 0) is 17.8 Å². The number of halogens is 2. The second-order valence-electron chi connectivity index (χ2n) is 8.50. The highest BCUT2D eigenvalue weighted by Crippen LogP contribution is 2.41. The molecule has 0 aliphatic carbocycles. The Morgan fingerprint density at radius 1 is 1.24 bits per heavy atom. The standard InChI is InChI=1S/C25H21BrClN7O4/c1-3-18-29-22(27)20(24(35)28-12(2)25(36)37)34(18)11-13-8-9-17-16(10-13)19(26)21(38-17)14-6-4-5-7-15(14)23-30-32-33-31-23/h4-10,12H,3,11H2,1-2H3,(H,28,35)(H,36,37)(H,30,31,32,33). The van der Waals surface area contributed by atoms with Crippen molar-refractivity contribution in [3.8, 4) is 22.7 Å². The van der Waals surface area contributed by atoms with Crippen molar-refractivity contribution < 1.29 is 19.1 Å². The van der Waals surface area contributed by atoms with Crippen LogP contribution in [0.2, 0.25) is 5.15 Å². The summed E-state index contributed by atoms with van der Waals surface area (Å²) in [6.07, 6.45) is 0.524. The lowest BCUT2D eigenvalue weighted by atomic mass is 10.0. The summed E-state index contributed by atoms with van der Waals surface area (Å²) in [4.78, 5) is 28.5. The molecule has 0 aliphatic rings. The molecule has 13 heteroatoms. The molecule has 3 heterocycles. The third-order valence-electron chi connectivity index (χ3n) is 6.04. The maximum absolute atomic E-state index is 12.9. The van der Waals surface area contributed by atoms with Crippen molar-refractivity contribution in [2.75, 3.05) is 0 Å². The quantitative estimate of drug-likeness (QED) is 0.232. The largest absolute Gasteiger partial charge is 0.480 e. The number of aryl methyl sites for hydroxylation is 1. The fourth-order valence-corrected chi connectivity index (χ4v) is 5.06. The van der Waals surface area contributed by atoms with Crippen LogP contribution in [0.1, 0.15) is 35.7 Å². The Balaban J connectivity index is 1.53. The second kappa shape index (κ2) is 10.4. The monoisotopic (exact) mass is 597 g/mol. The van der Waals surface area contributed by atoms with Gasteiger partial charge >= 0.3 is 5.97 Å². The molecule has 1 amide bonds. The summed E-state index contributed by atoms with van der Waals surface area (Å²) in [5.74, 6) is -0.101. The van der Waals surface area contributed by atoms with E-state index >= 15 is 0 Å². The van der Waals surface area contributed by atoms with Gasteiger partial charge in [0.1, 0.15) is 28.9 Å². The van der Waals surface area contributed by atoms with Gasteiger partial charge in [-0.1, -0.05) is 48.9 Å². The van der Waals surface area contributed by atoms with Gasteiger partial charge in [0.2, 0.25) is 5.82 Å². The fraction of sp³-hybridized carbons (Fsp3) is 0.200. The summed E-state index contributed by atoms with van der Waals surface area (Å²) in [6.45, 7) is 3.57. The average Bonchev–Trinajstić information content (AvgIpc) is 3.62. The predicted octanol–water partition coefficient (Wildman–Crippen LogP) is 4.71. The Morgan fingerprint density at radius 3 is 2.68 bits per heavy atom. The first-order valence-corrected chi connectivity index (χ1v) is 12.8. The van der Waals surface area contributed by atoms with E-state index in [0.717, 1.165) is 26.5 Å². The van der Waals surface area contributed by atoms with Crippen molar-refractivity contribution in [3.63, 3.8) is 0 Å². The molecule has 0 fully saturated rings. The zero-order valence-corrected chi connectivity index (χ0v) is 22.5. The fourth-order valence-electron chi connectivity index (χ4n) is 4.17. The molecule has 0 radical (unpaired) electrons. The number of imidazole rings is 1. The number of nitrogens with zero attached hydrogens (tertiary/aromatic N) is 5. The number of carbonyl (C=O) groups is 2. The van der Waals surface area contributed by atoms with Crippen LogP contribution in [0.15, 0.2) is 51.4 Å². The molecule has 2 aromatic carbocycles. The number of carboxylic acid groups (broad SMARTS) is 1. The Kier molecular flexibility index (Phi) is 7.00. The highest BCUT2D eigenvalue weighted by atomic mass is 79.9. The van der Waals surface area contributed by atoms with E-state index in [1.54, 1.807) is 4.57 Å². The number of hydrogen-bond donors (Lipinski definition) is 3. The lowest BCUT2D eigenvalue weighted by Crippen LogP contribution is -2.39. The smallest absolute Gasteiger partial charge is 0.325 e. The number of nitrogens with one attached hydrogen (secondary N) is 2. The molecule has 194 valence electrons. The molecule has 1 unspecified atom stereocenters. The van der Waals surface area contributed by atoms with Crippen molar-refractivity contribution in [2.45, 2.75) is 32.9 Å². The van der Waals surface area contributed by atoms with Gasteiger partial charge in [0.25, 0.3) is 5.91 Å². The molecule has 1 atom stereocenters. The number of rotatable bonds is 8. The Labute approximate surface area is 229 Å². The third kappa shape index (κ3) is 4.68. The van der Waals surface area contributed by atoms with Gasteiger partial charge in [-0.3, -0.25) is 9.59 Å². The summed E-state index contributed by atoms with van der Waals surface area (Å²) in [7, 11) is 0. The number of carboxylic acids is 1. The molecule has 0 spiro atoms. The van der Waals surface area contributed by atoms with E-state index in [1.165, 1.54) is 6.92 Å². The first kappa shape index (κ1) is 25.6. The second-order valence-corrected chi connectivity index (χ2v) is 9.65. The van der Waals surface area contributed by atoms with E-state index < -0.39 is 17.9 Å². The normalized spacial score (nSPS) is 12.1. The molecule has 5 aromatic rings. The lowest BCUT2D eigenvalue weighted by Gasteiger charge is -2.14. The molecular formula is C25H21BrClN7O4. The highest BCUT2D eigenvalue weighted by Gasteiger charge is 2.25. The van der Waals surface area contributed by atoms with E-state index in [9.17, 15) is 14.7 Å². The zero-order valence-electron chi connectivity index (χ0n) is 20.2. The van der Waals surface area contributed by atoms with Crippen LogP contribution in [0, 0.1) is 0 Å². The van der Waals surface area contributed by atoms with Gasteiger partial charge in [-0.15, -0.1) is 10.2 Å². The van der Waals surface area contributed by atoms with E-state index in [4.69, 9.17) is 16.0 Å². The number of aromatic nitrogens is 6. The lowest BCUT2D eigenvalue weighted by molar-refractivity contribution is -0.138. The summed E-state index contributed by atoms with van der Waals surface area (Å²) >= 11 is 10.0. The minimum atomic E-state index is -1.15. The number of tetrazole rings is 1. The van der Waals surface area contributed by atoms with E-state index in [1.807, 2.05) is 49.4 Å². The number of H-pyrrole nitrogens is 1. The van der Waals surface area contributed by atoms with Crippen LogP contribution in [0.3, 0.4) is 0 Å². The Bertz CT molecular complexity index is 1660. The topological polar surface area (TPSA) is 152 Å². The van der Waals surface area contributed by atoms with E-state index in [0.29, 0.717) is 29.4 Å². The Hall–Kier alpha value is -4.03. The highest BCUT2D eigenvalue weighted by molar-refractivity contribution is 9.10. The van der Waals surface area contributed by atoms with E-state index in [-0.39, 0.29) is 17.4 Å². The molecule has 38 heavy (non-hydrogen) atoms. The molecule has 3 N–H and O–H groups in total. The van der Waals surface area contributed by atoms with Crippen LogP contribution in [0.5, 0.6) is 0 Å². The maximum atomic E-state index is 12.9. The van der Waals surface area contributed by atoms with Crippen LogP contribution in [0.4, 0.5) is 0 Å². The van der Waals surface area contributed by atoms with Gasteiger partial charge in [-0.05, 0) is 45.8 Å². The number of carbonyl (C=O) groups excluding carboxylic acids is 1. The minimum absolute atomic E-state index is 0.0165. The van der Waals surface area contributed by atoms with Gasteiger partial charge in [-0.25, -0.2) is 4.98 Å². The summed E-state index contributed by atoms with van der Waals surface area (Å²) in [6, 6.07) is 12.2. The SMILES string of the molecule is CCc1nc(Cl)c(C(=O)NC(C)C(=O)O)n1Cc1ccc2oc(-c3ccccc3-c3nn[nH]n3)c(Br)c2c1. The zero-order chi connectivity index (χ0) is 27.0. The first-order chi connectivity index (χ1) is 18.3. The molecule has 11 nitrogen and oxygen atoms in total. The van der Waals surface area contributed by atoms with Crippen LogP contribution in [-0.4, -0.2) is 53.2 Å². The van der Waals surface area contributed by atoms with Crippen molar-refractivity contribution in [1.29, 1.82) is 0 Å². The number of benzene rings is 2. The molecule has 0 aliphatic heterocycles. The number of amides is 1. The Morgan fingerprint density at radius 2 is 2.00 bits per heavy atom. The van der Waals surface area contributed by atoms with Gasteiger partial charge in [0.15, 0.2) is 5.15 Å². The molecule has 5 rings (SSSR count). The van der Waals surface area contributed by atoms with Gasteiger partial charge in [-0.2, -0.15) is 5.21 Å². The van der Waals surface area contributed by atoms with Crippen LogP contribution >= 0.6 is 27.5 Å². The average molecular weight is 599 g/mol. The summed E-state index contributed by atoms with van der Waals surface area (Å²) < 4.78 is 8.66. The van der Waals surface area contributed by atoms with Crippen LogP contribution < -0.4 is 5.32 Å². The van der Waals surface area contributed by atoms with Gasteiger partial charge < -0.3 is 19.4 Å². The van der Waals surface area contributed by atoms with Crippen molar-refractivity contribution in [3.05, 3.63) is 69.2 Å². The molecule has 0 saturated carbocycles. The third-order valence-corrected chi connectivity index (χ3v) is 7.09. The molecule has 0 bridgehead atoms. The molecule has 3 aromatic heterocycles. The number of hydrogen-bond acceptors (Lipinski definition) is 7. The minimum Gasteiger partial charge on any atom is -0.480 e. The van der Waals surface area contributed by atoms with Crippen molar-refractivity contribution >= 4 is 50.4 Å². The van der Waals surface area contributed by atoms with Gasteiger partial charge in [0, 0.05) is 29.5 Å². The van der Waals surface area contributed by atoms with Crippen LogP contribution in [0.25, 0.3) is 33.7 Å². The summed E-state index contributed by atoms with van der Waals surface area (Å²) in [5, 5.41) is 26.8. The molecule has 0 saturated heterocycles. The number of fused-ring (bicyclic) bond motifs is 1. The van der Waals surface area contributed by atoms with Crippen molar-refractivity contribution in [1.82, 2.24) is 35.5 Å².